The lowest BCUT2D eigenvalue weighted by atomic mass is 10.2. The highest BCUT2D eigenvalue weighted by molar-refractivity contribution is 7.93. The van der Waals surface area contributed by atoms with E-state index in [0.29, 0.717) is 10.6 Å². The molecule has 1 aromatic carbocycles. The van der Waals surface area contributed by atoms with E-state index in [0.717, 1.165) is 11.3 Å². The van der Waals surface area contributed by atoms with Crippen LogP contribution in [0.15, 0.2) is 50.9 Å². The zero-order chi connectivity index (χ0) is 17.2. The molecule has 10 heteroatoms. The lowest BCUT2D eigenvalue weighted by Gasteiger charge is -2.01. The molecule has 3 rings (SSSR count). The number of tetrazole rings is 1. The van der Waals surface area contributed by atoms with Crippen LogP contribution >= 0.6 is 22.9 Å². The summed E-state index contributed by atoms with van der Waals surface area (Å²) < 4.78 is 25.3. The van der Waals surface area contributed by atoms with Gasteiger partial charge in [-0.25, -0.2) is 8.42 Å². The van der Waals surface area contributed by atoms with Gasteiger partial charge in [-0.3, -0.25) is 0 Å². The van der Waals surface area contributed by atoms with Gasteiger partial charge in [-0.15, -0.1) is 21.5 Å². The van der Waals surface area contributed by atoms with Crippen LogP contribution in [0.4, 0.5) is 0 Å². The summed E-state index contributed by atoms with van der Waals surface area (Å²) in [5.41, 5.74) is 0.648. The number of benzene rings is 1. The first-order chi connectivity index (χ1) is 11.5. The summed E-state index contributed by atoms with van der Waals surface area (Å²) in [6.45, 7) is 0. The Balaban J connectivity index is 1.81. The minimum absolute atomic E-state index is 0.135. The number of rotatable bonds is 5. The number of aliphatic hydroxyl groups excluding tert-OH is 1. The second-order valence-corrected chi connectivity index (χ2v) is 8.25. The molecule has 0 spiro atoms. The number of aliphatic hydroxyl groups is 1. The van der Waals surface area contributed by atoms with Crippen molar-refractivity contribution < 1.29 is 13.5 Å². The van der Waals surface area contributed by atoms with E-state index in [9.17, 15) is 13.5 Å². The molecule has 0 bridgehead atoms. The molecule has 0 saturated heterocycles. The second kappa shape index (κ2) is 6.81. The molecule has 0 aliphatic rings. The van der Waals surface area contributed by atoms with Gasteiger partial charge in [-0.1, -0.05) is 22.9 Å². The van der Waals surface area contributed by atoms with E-state index in [1.807, 2.05) is 0 Å². The third kappa shape index (κ3) is 3.54. The van der Waals surface area contributed by atoms with Crippen LogP contribution in [0, 0.1) is 0 Å². The van der Waals surface area contributed by atoms with Crippen LogP contribution in [0.5, 0.6) is 0 Å². The highest BCUT2D eigenvalue weighted by atomic mass is 35.5. The van der Waals surface area contributed by atoms with Gasteiger partial charge in [0, 0.05) is 5.02 Å². The van der Waals surface area contributed by atoms with Crippen molar-refractivity contribution in [2.75, 3.05) is 0 Å². The molecule has 2 N–H and O–H groups in total. The summed E-state index contributed by atoms with van der Waals surface area (Å²) in [5, 5.41) is 24.9. The number of sulfone groups is 1. The standard InChI is InChI=1S/C14H11ClN4O3S2/c15-10-2-4-11(5-3-10)24(21,22)13-7-9(8-23-13)1-6-12(20)14-16-18-19-17-14/h1-8,12,20H,(H,16,17,18,19). The third-order valence-corrected chi connectivity index (χ3v) is 6.56. The maximum Gasteiger partial charge on any atom is 0.215 e. The third-order valence-electron chi connectivity index (χ3n) is 3.08. The summed E-state index contributed by atoms with van der Waals surface area (Å²) in [6.07, 6.45) is 2.02. The van der Waals surface area contributed by atoms with Crippen molar-refractivity contribution in [3.8, 4) is 0 Å². The van der Waals surface area contributed by atoms with Gasteiger partial charge in [0.25, 0.3) is 0 Å². The quantitative estimate of drug-likeness (QED) is 0.701. The van der Waals surface area contributed by atoms with Crippen LogP contribution in [0.25, 0.3) is 6.08 Å². The van der Waals surface area contributed by atoms with Gasteiger partial charge in [0.15, 0.2) is 0 Å². The van der Waals surface area contributed by atoms with Crippen molar-refractivity contribution in [2.24, 2.45) is 0 Å². The Labute approximate surface area is 146 Å². The van der Waals surface area contributed by atoms with Crippen LogP contribution in [0.3, 0.4) is 0 Å². The molecule has 0 amide bonds. The number of thiophene rings is 1. The van der Waals surface area contributed by atoms with E-state index in [4.69, 9.17) is 11.6 Å². The van der Waals surface area contributed by atoms with Crippen LogP contribution < -0.4 is 0 Å². The maximum absolute atomic E-state index is 12.5. The predicted octanol–water partition coefficient (Wildman–Crippen LogP) is 2.49. The molecular formula is C14H11ClN4O3S2. The number of hydrogen-bond acceptors (Lipinski definition) is 7. The summed E-state index contributed by atoms with van der Waals surface area (Å²) in [5.74, 6) is 0.135. The van der Waals surface area contributed by atoms with Gasteiger partial charge in [0.1, 0.15) is 10.3 Å². The molecule has 0 aliphatic carbocycles. The summed E-state index contributed by atoms with van der Waals surface area (Å²) >= 11 is 6.88. The van der Waals surface area contributed by atoms with Gasteiger partial charge in [-0.2, -0.15) is 5.21 Å². The van der Waals surface area contributed by atoms with Crippen LogP contribution in [0.2, 0.25) is 5.02 Å². The lowest BCUT2D eigenvalue weighted by molar-refractivity contribution is 0.219. The Morgan fingerprint density at radius 1 is 1.29 bits per heavy atom. The largest absolute Gasteiger partial charge is 0.381 e. The van der Waals surface area contributed by atoms with Crippen molar-refractivity contribution in [1.82, 2.24) is 20.6 Å². The minimum atomic E-state index is -3.59. The zero-order valence-electron chi connectivity index (χ0n) is 12.0. The smallest absolute Gasteiger partial charge is 0.215 e. The Morgan fingerprint density at radius 3 is 2.71 bits per heavy atom. The molecule has 0 aliphatic heterocycles. The fraction of sp³-hybridized carbons (Fsp3) is 0.0714. The van der Waals surface area contributed by atoms with Gasteiger partial charge < -0.3 is 5.11 Å². The van der Waals surface area contributed by atoms with E-state index in [2.05, 4.69) is 20.6 Å². The van der Waals surface area contributed by atoms with E-state index in [1.165, 1.54) is 36.4 Å². The molecule has 7 nitrogen and oxygen atoms in total. The summed E-state index contributed by atoms with van der Waals surface area (Å²) in [6, 6.07) is 7.53. The molecule has 0 saturated carbocycles. The van der Waals surface area contributed by atoms with Gasteiger partial charge in [-0.05, 0) is 47.4 Å². The number of nitrogens with one attached hydrogen (secondary N) is 1. The van der Waals surface area contributed by atoms with Crippen molar-refractivity contribution in [1.29, 1.82) is 0 Å². The molecule has 2 heterocycles. The van der Waals surface area contributed by atoms with Gasteiger partial charge in [0.05, 0.1) is 4.90 Å². The second-order valence-electron chi connectivity index (χ2n) is 4.73. The van der Waals surface area contributed by atoms with Crippen molar-refractivity contribution >= 4 is 38.9 Å². The van der Waals surface area contributed by atoms with E-state index < -0.39 is 15.9 Å². The van der Waals surface area contributed by atoms with Crippen LogP contribution in [-0.2, 0) is 9.84 Å². The molecular weight excluding hydrogens is 372 g/mol. The minimum Gasteiger partial charge on any atom is -0.381 e. The maximum atomic E-state index is 12.5. The Bertz CT molecular complexity index is 950. The monoisotopic (exact) mass is 382 g/mol. The first-order valence-electron chi connectivity index (χ1n) is 6.65. The molecule has 3 aromatic rings. The molecule has 0 radical (unpaired) electrons. The Hall–Kier alpha value is -2.07. The number of halogens is 1. The van der Waals surface area contributed by atoms with Gasteiger partial charge in [0.2, 0.25) is 15.7 Å². The average Bonchev–Trinajstić information content (AvgIpc) is 3.25. The lowest BCUT2D eigenvalue weighted by Crippen LogP contribution is -1.99. The number of hydrogen-bond donors (Lipinski definition) is 2. The van der Waals surface area contributed by atoms with Crippen LogP contribution in [0.1, 0.15) is 17.5 Å². The Morgan fingerprint density at radius 2 is 2.04 bits per heavy atom. The zero-order valence-corrected chi connectivity index (χ0v) is 14.4. The Kier molecular flexibility index (Phi) is 4.76. The SMILES string of the molecule is O=S(=O)(c1ccc(Cl)cc1)c1cc(C=CC(O)c2nn[nH]n2)cs1. The van der Waals surface area contributed by atoms with E-state index in [1.54, 1.807) is 11.5 Å². The summed E-state index contributed by atoms with van der Waals surface area (Å²) in [7, 11) is -3.59. The van der Waals surface area contributed by atoms with E-state index >= 15 is 0 Å². The van der Waals surface area contributed by atoms with E-state index in [-0.39, 0.29) is 14.9 Å². The molecule has 1 atom stereocenters. The fourth-order valence-corrected chi connectivity index (χ4v) is 4.56. The number of aromatic amines is 1. The normalized spacial score (nSPS) is 13.4. The summed E-state index contributed by atoms with van der Waals surface area (Å²) in [4.78, 5) is 0.177. The van der Waals surface area contributed by atoms with Crippen molar-refractivity contribution in [2.45, 2.75) is 15.2 Å². The van der Waals surface area contributed by atoms with Crippen LogP contribution in [-0.4, -0.2) is 34.1 Å². The fourth-order valence-electron chi connectivity index (χ4n) is 1.87. The van der Waals surface area contributed by atoms with Crippen molar-refractivity contribution in [3.05, 3.63) is 58.2 Å². The van der Waals surface area contributed by atoms with Gasteiger partial charge >= 0.3 is 0 Å². The molecule has 2 aromatic heterocycles. The molecule has 1 unspecified atom stereocenters. The highest BCUT2D eigenvalue weighted by Gasteiger charge is 2.19. The first kappa shape index (κ1) is 16.8. The molecule has 124 valence electrons. The number of nitrogens with zero attached hydrogens (tertiary/aromatic N) is 3. The number of aromatic nitrogens is 4. The average molecular weight is 383 g/mol. The highest BCUT2D eigenvalue weighted by Crippen LogP contribution is 2.28. The molecule has 24 heavy (non-hydrogen) atoms. The topological polar surface area (TPSA) is 109 Å². The first-order valence-corrected chi connectivity index (χ1v) is 9.40. The van der Waals surface area contributed by atoms with Crippen molar-refractivity contribution in [3.63, 3.8) is 0 Å². The predicted molar refractivity (Wildman–Crippen MR) is 89.4 cm³/mol. The molecule has 0 fully saturated rings. The number of H-pyrrole nitrogens is 1.